The van der Waals surface area contributed by atoms with Crippen LogP contribution in [0.2, 0.25) is 0 Å². The van der Waals surface area contributed by atoms with Crippen LogP contribution >= 0.6 is 0 Å². The van der Waals surface area contributed by atoms with Crippen molar-refractivity contribution in [3.63, 3.8) is 0 Å². The summed E-state index contributed by atoms with van der Waals surface area (Å²) in [6, 6.07) is 10.5. The minimum atomic E-state index is 0.179. The number of anilines is 1. The Kier molecular flexibility index (Phi) is 7.71. The van der Waals surface area contributed by atoms with Gasteiger partial charge in [-0.15, -0.1) is 0 Å². The smallest absolute Gasteiger partial charge is 0.219 e. The maximum atomic E-state index is 11.3. The van der Waals surface area contributed by atoms with E-state index >= 15 is 0 Å². The highest BCUT2D eigenvalue weighted by Gasteiger charge is 2.03. The largest absolute Gasteiger partial charge is 0.372 e. The van der Waals surface area contributed by atoms with Crippen molar-refractivity contribution in [2.75, 3.05) is 24.5 Å². The molecule has 106 valence electrons. The van der Waals surface area contributed by atoms with Gasteiger partial charge < -0.3 is 10.2 Å². The van der Waals surface area contributed by atoms with Crippen LogP contribution in [-0.2, 0) is 4.79 Å². The number of rotatable bonds is 9. The highest BCUT2D eigenvalue weighted by atomic mass is 16.1. The molecule has 0 atom stereocenters. The van der Waals surface area contributed by atoms with E-state index in [1.54, 1.807) is 0 Å². The number of benzene rings is 1. The molecular formula is C16H26N2O. The molecule has 1 aromatic rings. The van der Waals surface area contributed by atoms with Crippen LogP contribution in [0.15, 0.2) is 30.3 Å². The number of unbranched alkanes of at least 4 members (excludes halogenated alkanes) is 1. The van der Waals surface area contributed by atoms with Crippen molar-refractivity contribution in [1.82, 2.24) is 5.32 Å². The summed E-state index contributed by atoms with van der Waals surface area (Å²) in [6.45, 7) is 7.07. The average molecular weight is 262 g/mol. The number of carbonyl (C=O) groups is 1. The Labute approximate surface area is 117 Å². The van der Waals surface area contributed by atoms with Crippen LogP contribution in [0.3, 0.4) is 0 Å². The Hall–Kier alpha value is -1.51. The first-order valence-corrected chi connectivity index (χ1v) is 7.34. The van der Waals surface area contributed by atoms with Crippen LogP contribution in [0.4, 0.5) is 5.69 Å². The lowest BCUT2D eigenvalue weighted by atomic mass is 10.2. The van der Waals surface area contributed by atoms with Crippen LogP contribution in [0.5, 0.6) is 0 Å². The molecule has 19 heavy (non-hydrogen) atoms. The van der Waals surface area contributed by atoms with Crippen LogP contribution in [-0.4, -0.2) is 25.5 Å². The normalized spacial score (nSPS) is 10.2. The highest BCUT2D eigenvalue weighted by Crippen LogP contribution is 2.13. The van der Waals surface area contributed by atoms with E-state index in [1.807, 2.05) is 13.0 Å². The Morgan fingerprint density at radius 2 is 1.89 bits per heavy atom. The lowest BCUT2D eigenvalue weighted by Gasteiger charge is -2.23. The maximum absolute atomic E-state index is 11.3. The molecule has 0 saturated heterocycles. The topological polar surface area (TPSA) is 32.3 Å². The van der Waals surface area contributed by atoms with Gasteiger partial charge in [-0.1, -0.05) is 25.1 Å². The van der Waals surface area contributed by atoms with Gasteiger partial charge in [0.25, 0.3) is 0 Å². The van der Waals surface area contributed by atoms with E-state index in [9.17, 15) is 4.79 Å². The van der Waals surface area contributed by atoms with Crippen molar-refractivity contribution in [2.24, 2.45) is 0 Å². The minimum Gasteiger partial charge on any atom is -0.372 e. The predicted molar refractivity (Wildman–Crippen MR) is 81.5 cm³/mol. The lowest BCUT2D eigenvalue weighted by Crippen LogP contribution is -2.27. The summed E-state index contributed by atoms with van der Waals surface area (Å²) in [5.74, 6) is 0.179. The van der Waals surface area contributed by atoms with Gasteiger partial charge in [0.1, 0.15) is 0 Å². The maximum Gasteiger partial charge on any atom is 0.219 e. The second-order valence-electron chi connectivity index (χ2n) is 4.72. The third-order valence-electron chi connectivity index (χ3n) is 3.16. The molecule has 0 aliphatic rings. The fourth-order valence-electron chi connectivity index (χ4n) is 2.08. The molecule has 0 fully saturated rings. The second-order valence-corrected chi connectivity index (χ2v) is 4.72. The molecule has 0 unspecified atom stereocenters. The van der Waals surface area contributed by atoms with Gasteiger partial charge in [-0.25, -0.2) is 0 Å². The van der Waals surface area contributed by atoms with Gasteiger partial charge in [-0.2, -0.15) is 0 Å². The molecule has 0 aromatic heterocycles. The van der Waals surface area contributed by atoms with Gasteiger partial charge in [0.05, 0.1) is 0 Å². The molecule has 0 spiro atoms. The van der Waals surface area contributed by atoms with Gasteiger partial charge in [0.2, 0.25) is 5.91 Å². The summed E-state index contributed by atoms with van der Waals surface area (Å²) in [6.07, 6.45) is 3.71. The minimum absolute atomic E-state index is 0.179. The van der Waals surface area contributed by atoms with E-state index in [2.05, 4.69) is 41.4 Å². The number of carbonyl (C=O) groups excluding carboxylic acids is 1. The summed E-state index contributed by atoms with van der Waals surface area (Å²) in [5.41, 5.74) is 1.28. The summed E-state index contributed by atoms with van der Waals surface area (Å²) in [4.78, 5) is 13.7. The first-order valence-electron chi connectivity index (χ1n) is 7.34. The molecule has 0 aliphatic carbocycles. The first-order chi connectivity index (χ1) is 9.27. The van der Waals surface area contributed by atoms with Crippen molar-refractivity contribution in [2.45, 2.75) is 39.5 Å². The van der Waals surface area contributed by atoms with Gasteiger partial charge >= 0.3 is 0 Å². The van der Waals surface area contributed by atoms with Crippen molar-refractivity contribution in [3.05, 3.63) is 30.3 Å². The molecule has 0 aliphatic heterocycles. The molecule has 1 rings (SSSR count). The number of amides is 1. The molecule has 1 N–H and O–H groups in total. The molecular weight excluding hydrogens is 236 g/mol. The van der Waals surface area contributed by atoms with E-state index < -0.39 is 0 Å². The molecule has 0 radical (unpaired) electrons. The summed E-state index contributed by atoms with van der Waals surface area (Å²) >= 11 is 0. The molecule has 3 heteroatoms. The number of hydrogen-bond acceptors (Lipinski definition) is 2. The molecule has 3 nitrogen and oxygen atoms in total. The average Bonchev–Trinajstić information content (AvgIpc) is 2.44. The van der Waals surface area contributed by atoms with Crippen molar-refractivity contribution < 1.29 is 4.79 Å². The van der Waals surface area contributed by atoms with Crippen LogP contribution in [0.25, 0.3) is 0 Å². The zero-order valence-electron chi connectivity index (χ0n) is 12.2. The van der Waals surface area contributed by atoms with Gasteiger partial charge in [-0.05, 0) is 38.3 Å². The number of hydrogen-bond donors (Lipinski definition) is 1. The lowest BCUT2D eigenvalue weighted by molar-refractivity contribution is -0.121. The second kappa shape index (κ2) is 9.42. The van der Waals surface area contributed by atoms with Crippen LogP contribution in [0.1, 0.15) is 39.5 Å². The Morgan fingerprint density at radius 3 is 2.53 bits per heavy atom. The van der Waals surface area contributed by atoms with Gasteiger partial charge in [0.15, 0.2) is 0 Å². The third-order valence-corrected chi connectivity index (χ3v) is 3.16. The highest BCUT2D eigenvalue weighted by molar-refractivity contribution is 5.75. The Bertz CT molecular complexity index is 351. The summed E-state index contributed by atoms with van der Waals surface area (Å²) in [7, 11) is 0. The zero-order chi connectivity index (χ0) is 13.9. The van der Waals surface area contributed by atoms with Crippen LogP contribution < -0.4 is 10.2 Å². The summed E-state index contributed by atoms with van der Waals surface area (Å²) < 4.78 is 0. The first kappa shape index (κ1) is 15.5. The fraction of sp³-hybridized carbons (Fsp3) is 0.562. The molecule has 0 saturated carbocycles. The number of nitrogens with zero attached hydrogens (tertiary/aromatic N) is 1. The number of para-hydroxylation sites is 1. The van der Waals surface area contributed by atoms with E-state index in [-0.39, 0.29) is 5.91 Å². The third kappa shape index (κ3) is 6.27. The van der Waals surface area contributed by atoms with Crippen molar-refractivity contribution in [1.29, 1.82) is 0 Å². The monoisotopic (exact) mass is 262 g/mol. The Morgan fingerprint density at radius 1 is 1.16 bits per heavy atom. The zero-order valence-corrected chi connectivity index (χ0v) is 12.2. The number of nitrogens with one attached hydrogen (secondary N) is 1. The quantitative estimate of drug-likeness (QED) is 0.693. The molecule has 0 bridgehead atoms. The van der Waals surface area contributed by atoms with E-state index in [0.717, 1.165) is 38.9 Å². The van der Waals surface area contributed by atoms with E-state index in [0.29, 0.717) is 6.42 Å². The van der Waals surface area contributed by atoms with Crippen LogP contribution in [0, 0.1) is 0 Å². The van der Waals surface area contributed by atoms with Gasteiger partial charge in [-0.3, -0.25) is 4.79 Å². The molecule has 1 amide bonds. The SMILES string of the molecule is CCCC(=O)NCCCCN(CC)c1ccccc1. The van der Waals surface area contributed by atoms with E-state index in [1.165, 1.54) is 5.69 Å². The molecule has 1 aromatic carbocycles. The fourth-order valence-corrected chi connectivity index (χ4v) is 2.08. The standard InChI is InChI=1S/C16H26N2O/c1-3-10-16(19)17-13-8-9-14-18(4-2)15-11-6-5-7-12-15/h5-7,11-12H,3-4,8-10,13-14H2,1-2H3,(H,17,19). The predicted octanol–water partition coefficient (Wildman–Crippen LogP) is 3.21. The van der Waals surface area contributed by atoms with E-state index in [4.69, 9.17) is 0 Å². The van der Waals surface area contributed by atoms with Crippen molar-refractivity contribution in [3.8, 4) is 0 Å². The Balaban J connectivity index is 2.19. The molecule has 0 heterocycles. The van der Waals surface area contributed by atoms with Crippen molar-refractivity contribution >= 4 is 11.6 Å². The summed E-state index contributed by atoms with van der Waals surface area (Å²) in [5, 5.41) is 2.96. The van der Waals surface area contributed by atoms with Gasteiger partial charge in [0, 0.05) is 31.7 Å².